The molecule has 0 radical (unpaired) electrons. The van der Waals surface area contributed by atoms with Crippen LogP contribution in [0.25, 0.3) is 0 Å². The van der Waals surface area contributed by atoms with Gasteiger partial charge in [-0.1, -0.05) is 280 Å². The normalized spacial score (nSPS) is 13.2. The second-order valence-corrected chi connectivity index (χ2v) is 31.2. The first-order valence-electron chi connectivity index (χ1n) is 41.7. The van der Waals surface area contributed by atoms with E-state index < -0.39 is 15.6 Å². The van der Waals surface area contributed by atoms with Gasteiger partial charge in [-0.25, -0.2) is 0 Å². The molecule has 0 amide bonds. The first-order valence-corrected chi connectivity index (χ1v) is 44.6. The van der Waals surface area contributed by atoms with E-state index in [1.807, 2.05) is 0 Å². The molecule has 0 fully saturated rings. The molecule has 576 valence electrons. The molecule has 0 saturated carbocycles. The molecule has 0 aliphatic rings. The number of unbranched alkanes of at least 4 members (excludes halogenated alkanes) is 18. The predicted molar refractivity (Wildman–Crippen MR) is 411 cm³/mol. The van der Waals surface area contributed by atoms with E-state index in [4.69, 9.17) is 28.3 Å². The second kappa shape index (κ2) is 75.7. The minimum atomic E-state index is -5.39. The van der Waals surface area contributed by atoms with Crippen molar-refractivity contribution < 1.29 is 55.7 Å². The van der Waals surface area contributed by atoms with Crippen LogP contribution in [0.3, 0.4) is 0 Å². The number of hydrogen-bond donors (Lipinski definition) is 0. The van der Waals surface area contributed by atoms with Crippen molar-refractivity contribution in [1.29, 1.82) is 0 Å². The van der Waals surface area contributed by atoms with Gasteiger partial charge in [0.2, 0.25) is 0 Å². The van der Waals surface area contributed by atoms with Gasteiger partial charge in [-0.3, -0.25) is 4.57 Å². The van der Waals surface area contributed by atoms with Crippen molar-refractivity contribution in [1.82, 2.24) is 0 Å². The van der Waals surface area contributed by atoms with Gasteiger partial charge in [0.15, 0.2) is 0 Å². The molecule has 0 spiro atoms. The lowest BCUT2D eigenvalue weighted by molar-refractivity contribution is -0.929. The summed E-state index contributed by atoms with van der Waals surface area (Å²) >= 11 is 0. The largest absolute Gasteiger partial charge is 0.822 e. The summed E-state index contributed by atoms with van der Waals surface area (Å²) in [6, 6.07) is 0. The number of nitrogens with zero attached hydrogens (tertiary/aromatic N) is 4. The van der Waals surface area contributed by atoms with Gasteiger partial charge in [-0.2, -0.15) is 7.82 Å². The Morgan fingerprint density at radius 3 is 0.447 bits per heavy atom. The lowest BCUT2D eigenvalue weighted by Gasteiger charge is -2.39. The molecule has 0 heterocycles. The zero-order valence-electron chi connectivity index (χ0n) is 68.1. The van der Waals surface area contributed by atoms with Crippen LogP contribution in [-0.2, 0) is 18.2 Å². The van der Waals surface area contributed by atoms with Gasteiger partial charge in [-0.05, 0) is 127 Å². The maximum Gasteiger partial charge on any atom is 0.267 e. The monoisotopic (exact) mass is 1390 g/mol. The molecule has 94 heavy (non-hydrogen) atoms. The summed E-state index contributed by atoms with van der Waals surface area (Å²) in [5.74, 6) is 0.607. The van der Waals surface area contributed by atoms with E-state index in [9.17, 15) is 9.46 Å². The minimum absolute atomic E-state index is 0.253. The Hall–Kier alpha value is 0.0600. The fourth-order valence-electron chi connectivity index (χ4n) is 12.8. The van der Waals surface area contributed by atoms with Crippen LogP contribution in [0.4, 0.5) is 0 Å². The van der Waals surface area contributed by atoms with Crippen LogP contribution in [0.15, 0.2) is 0 Å². The Labute approximate surface area is 593 Å². The van der Waals surface area contributed by atoms with Crippen LogP contribution in [0.2, 0.25) is 0 Å². The van der Waals surface area contributed by atoms with Gasteiger partial charge < -0.3 is 51.1 Å². The lowest BCUT2D eigenvalue weighted by Crippen LogP contribution is -2.50. The number of quaternary nitrogens is 4. The lowest BCUT2D eigenvalue weighted by atomic mass is 10.0. The van der Waals surface area contributed by atoms with E-state index in [1.165, 1.54) is 328 Å². The number of hydrogen-bond acceptors (Lipinski definition) is 8. The highest BCUT2D eigenvalue weighted by atomic mass is 31.2. The van der Waals surface area contributed by atoms with Crippen LogP contribution in [0.5, 0.6) is 0 Å². The number of rotatable bonds is 62. The first kappa shape index (κ1) is 105. The van der Waals surface area contributed by atoms with Crippen molar-refractivity contribution in [2.75, 3.05) is 118 Å². The summed E-state index contributed by atoms with van der Waals surface area (Å²) in [7, 11) is -9.53. The molecule has 12 nitrogen and oxygen atoms in total. The van der Waals surface area contributed by atoms with Crippen LogP contribution in [-0.4, -0.2) is 136 Å². The highest BCUT2D eigenvalue weighted by Gasteiger charge is 2.28. The van der Waals surface area contributed by atoms with Crippen molar-refractivity contribution in [3.8, 4) is 0 Å². The fourth-order valence-corrected chi connectivity index (χ4v) is 13.7. The zero-order valence-corrected chi connectivity index (χ0v) is 69.9. The van der Waals surface area contributed by atoms with E-state index in [1.54, 1.807) is 0 Å². The molecule has 0 rings (SSSR count). The van der Waals surface area contributed by atoms with E-state index in [0.717, 1.165) is 51.4 Å². The Morgan fingerprint density at radius 1 is 0.234 bits per heavy atom. The minimum Gasteiger partial charge on any atom is -0.822 e. The summed E-state index contributed by atoms with van der Waals surface area (Å²) in [5.41, 5.74) is 0. The van der Waals surface area contributed by atoms with Crippen LogP contribution in [0, 0.1) is 11.8 Å². The van der Waals surface area contributed by atoms with Gasteiger partial charge in [0.1, 0.15) is 0 Å². The maximum atomic E-state index is 11.8. The third-order valence-electron chi connectivity index (χ3n) is 19.8. The predicted octanol–water partition coefficient (Wildman–Crippen LogP) is 22.1. The third kappa shape index (κ3) is 70.5. The molecule has 0 bridgehead atoms. The Bertz CT molecular complexity index is 1220. The van der Waals surface area contributed by atoms with Crippen molar-refractivity contribution in [3.05, 3.63) is 0 Å². The average Bonchev–Trinajstić information content (AvgIpc) is 0.988. The van der Waals surface area contributed by atoms with Crippen molar-refractivity contribution in [3.63, 3.8) is 0 Å². The molecule has 0 aliphatic carbocycles. The smallest absolute Gasteiger partial charge is 0.267 e. The third-order valence-corrected chi connectivity index (χ3v) is 20.7. The van der Waals surface area contributed by atoms with E-state index >= 15 is 0 Å². The Morgan fingerprint density at radius 2 is 0.351 bits per heavy atom. The zero-order chi connectivity index (χ0) is 72.6. The Kier molecular flexibility index (Phi) is 84.6. The van der Waals surface area contributed by atoms with Crippen LogP contribution < -0.4 is 19.6 Å². The molecular formula is C80H178N4O8P2. The number of phosphoric ester groups is 1. The fraction of sp³-hybridized carbons (Fsp3) is 1.00. The molecule has 14 heteroatoms. The van der Waals surface area contributed by atoms with E-state index in [0.29, 0.717) is 11.8 Å². The van der Waals surface area contributed by atoms with Gasteiger partial charge >= 0.3 is 0 Å². The van der Waals surface area contributed by atoms with Crippen LogP contribution in [0.1, 0.15) is 395 Å². The highest BCUT2D eigenvalue weighted by molar-refractivity contribution is 7.45. The highest BCUT2D eigenvalue weighted by Crippen LogP contribution is 2.40. The summed E-state index contributed by atoms with van der Waals surface area (Å²) in [5, 5.41) is 0. The molecule has 0 aliphatic heterocycles. The molecule has 0 aromatic carbocycles. The molecule has 0 N–H and O–H groups in total. The molecule has 0 aromatic rings. The number of phosphoric acid groups is 2. The van der Waals surface area contributed by atoms with Crippen molar-refractivity contribution >= 4 is 15.6 Å². The molecule has 0 aromatic heterocycles. The molecule has 0 saturated heterocycles. The summed E-state index contributed by atoms with van der Waals surface area (Å²) < 4.78 is 36.1. The SMILES string of the molecule is CCCCC(CC)COP(=O)([O-])OCC(CC)CCCC.CCCC[N+](CCCC)(CCCC)CCCC.CCCC[N+](CCCC)(CCCC)CCCC.CCCC[N+](CCCC)(CCCC)CCCC.CCCC[N+](CCCC)(CCCC)CCCC.O=P([O-])([O-])[O-]. The van der Waals surface area contributed by atoms with Crippen LogP contribution >= 0.6 is 15.6 Å². The van der Waals surface area contributed by atoms with Gasteiger partial charge in [0.25, 0.3) is 7.82 Å². The topological polar surface area (TPSA) is 145 Å². The quantitative estimate of drug-likeness (QED) is 0.0432. The van der Waals surface area contributed by atoms with Gasteiger partial charge in [0.05, 0.1) is 118 Å². The Balaban J connectivity index is -0.000000253. The molecular weight excluding hydrogens is 1210 g/mol. The summed E-state index contributed by atoms with van der Waals surface area (Å²) in [6.07, 6.45) is 52.6. The van der Waals surface area contributed by atoms with E-state index in [-0.39, 0.29) is 13.2 Å². The first-order chi connectivity index (χ1) is 45.0. The van der Waals surface area contributed by atoms with Gasteiger partial charge in [0, 0.05) is 0 Å². The maximum absolute atomic E-state index is 11.8. The van der Waals surface area contributed by atoms with Gasteiger partial charge in [-0.15, -0.1) is 0 Å². The van der Waals surface area contributed by atoms with Crippen molar-refractivity contribution in [2.24, 2.45) is 11.8 Å². The standard InChI is InChI=1S/4C16H36N.C16H35O4P.H3O4P/c4*1-5-9-13-17(14-10-6-2,15-11-7-3)16-12-8-4;1-5-9-11-15(7-3)13-19-21(17,18)20-14-16(8-4)12-10-6-2;1-5(2,3)4/h4*5-16H2,1-4H3;15-16H,5-14H2,1-4H3,(H,17,18);(H3,1,2,3,4)/q4*+1;;/p-4. The second-order valence-electron chi connectivity index (χ2n) is 28.9. The molecule has 2 atom stereocenters. The van der Waals surface area contributed by atoms with E-state index in [2.05, 4.69) is 138 Å². The summed E-state index contributed by atoms with van der Waals surface area (Å²) in [4.78, 5) is 37.4. The van der Waals surface area contributed by atoms with Crippen molar-refractivity contribution in [2.45, 2.75) is 395 Å². The summed E-state index contributed by atoms with van der Waals surface area (Å²) in [6.45, 7) is 69.0. The molecule has 2 unspecified atom stereocenters. The average molecular weight is 1390 g/mol.